The number of aromatic nitrogens is 1. The number of hydrogen-bond donors (Lipinski definition) is 1. The summed E-state index contributed by atoms with van der Waals surface area (Å²) in [7, 11) is -1.10. The van der Waals surface area contributed by atoms with Crippen molar-refractivity contribution in [2.75, 3.05) is 25.1 Å². The lowest BCUT2D eigenvalue weighted by atomic mass is 10.1. The highest BCUT2D eigenvalue weighted by Gasteiger charge is 2.30. The molecule has 1 aliphatic rings. The van der Waals surface area contributed by atoms with Crippen molar-refractivity contribution >= 4 is 15.7 Å². The number of amides is 1. The van der Waals surface area contributed by atoms with Crippen LogP contribution in [0, 0.1) is 5.82 Å². The first kappa shape index (κ1) is 19.5. The molecule has 1 fully saturated rings. The molecule has 3 rings (SSSR count). The first-order valence-corrected chi connectivity index (χ1v) is 10.5. The SMILES string of the molecule is CN(CCC(=O)NCc1cc(-c2cccc(F)c2)no1)C1CCS(=O)(=O)C1. The molecular formula is C18H22FN3O4S. The van der Waals surface area contributed by atoms with E-state index in [4.69, 9.17) is 4.52 Å². The molecule has 1 atom stereocenters. The molecule has 1 N–H and O–H groups in total. The van der Waals surface area contributed by atoms with Crippen molar-refractivity contribution in [3.05, 3.63) is 41.9 Å². The Kier molecular flexibility index (Phi) is 5.91. The highest BCUT2D eigenvalue weighted by atomic mass is 32.2. The first-order chi connectivity index (χ1) is 12.8. The van der Waals surface area contributed by atoms with Gasteiger partial charge < -0.3 is 14.7 Å². The summed E-state index contributed by atoms with van der Waals surface area (Å²) >= 11 is 0. The van der Waals surface area contributed by atoms with Crippen LogP contribution in [0.5, 0.6) is 0 Å². The van der Waals surface area contributed by atoms with Crippen molar-refractivity contribution in [2.45, 2.75) is 25.4 Å². The Labute approximate surface area is 157 Å². The minimum Gasteiger partial charge on any atom is -0.359 e. The summed E-state index contributed by atoms with van der Waals surface area (Å²) in [6.07, 6.45) is 0.874. The number of nitrogens with zero attached hydrogens (tertiary/aromatic N) is 2. The van der Waals surface area contributed by atoms with Crippen LogP contribution in [0.25, 0.3) is 11.3 Å². The van der Waals surface area contributed by atoms with Crippen LogP contribution in [-0.4, -0.2) is 55.5 Å². The van der Waals surface area contributed by atoms with E-state index in [0.717, 1.165) is 0 Å². The van der Waals surface area contributed by atoms with Gasteiger partial charge in [-0.1, -0.05) is 17.3 Å². The van der Waals surface area contributed by atoms with Crippen molar-refractivity contribution < 1.29 is 22.1 Å². The van der Waals surface area contributed by atoms with Gasteiger partial charge >= 0.3 is 0 Å². The third-order valence-electron chi connectivity index (χ3n) is 4.66. The Morgan fingerprint density at radius 3 is 2.93 bits per heavy atom. The van der Waals surface area contributed by atoms with Gasteiger partial charge in [-0.05, 0) is 25.6 Å². The molecule has 0 aliphatic carbocycles. The van der Waals surface area contributed by atoms with Gasteiger partial charge in [0, 0.05) is 30.6 Å². The number of carbonyl (C=O) groups excluding carboxylic acids is 1. The molecule has 1 aromatic heterocycles. The predicted molar refractivity (Wildman–Crippen MR) is 98.0 cm³/mol. The number of rotatable bonds is 7. The van der Waals surface area contributed by atoms with E-state index in [1.165, 1.54) is 12.1 Å². The fraction of sp³-hybridized carbons (Fsp3) is 0.444. The quantitative estimate of drug-likeness (QED) is 0.766. The Balaban J connectivity index is 1.44. The van der Waals surface area contributed by atoms with Gasteiger partial charge in [0.25, 0.3) is 0 Å². The smallest absolute Gasteiger partial charge is 0.221 e. The topological polar surface area (TPSA) is 92.5 Å². The van der Waals surface area contributed by atoms with Crippen LogP contribution in [-0.2, 0) is 21.2 Å². The number of carbonyl (C=O) groups is 1. The van der Waals surface area contributed by atoms with Crippen molar-refractivity contribution in [3.8, 4) is 11.3 Å². The standard InChI is InChI=1S/C18H22FN3O4S/c1-22(15-6-8-27(24,25)12-15)7-5-18(23)20-11-16-10-17(21-26-16)13-3-2-4-14(19)9-13/h2-4,9-10,15H,5-8,11-12H2,1H3,(H,20,23). The van der Waals surface area contributed by atoms with Crippen LogP contribution in [0.1, 0.15) is 18.6 Å². The summed E-state index contributed by atoms with van der Waals surface area (Å²) in [5, 5.41) is 6.63. The Morgan fingerprint density at radius 2 is 2.22 bits per heavy atom. The van der Waals surface area contributed by atoms with E-state index >= 15 is 0 Å². The molecule has 1 aliphatic heterocycles. The first-order valence-electron chi connectivity index (χ1n) is 8.71. The van der Waals surface area contributed by atoms with Gasteiger partial charge in [0.15, 0.2) is 15.6 Å². The van der Waals surface area contributed by atoms with Crippen LogP contribution in [0.4, 0.5) is 4.39 Å². The van der Waals surface area contributed by atoms with Gasteiger partial charge in [0.2, 0.25) is 5.91 Å². The molecule has 2 aromatic rings. The van der Waals surface area contributed by atoms with Gasteiger partial charge in [-0.15, -0.1) is 0 Å². The number of hydrogen-bond acceptors (Lipinski definition) is 6. The lowest BCUT2D eigenvalue weighted by molar-refractivity contribution is -0.121. The summed E-state index contributed by atoms with van der Waals surface area (Å²) in [5.74, 6) is 0.327. The zero-order valence-corrected chi connectivity index (χ0v) is 15.8. The molecule has 27 heavy (non-hydrogen) atoms. The van der Waals surface area contributed by atoms with Gasteiger partial charge in [0.1, 0.15) is 11.5 Å². The molecule has 1 unspecified atom stereocenters. The van der Waals surface area contributed by atoms with Crippen molar-refractivity contribution in [2.24, 2.45) is 0 Å². The van der Waals surface area contributed by atoms with Crippen LogP contribution in [0.15, 0.2) is 34.9 Å². The van der Waals surface area contributed by atoms with Crippen molar-refractivity contribution in [1.29, 1.82) is 0 Å². The highest BCUT2D eigenvalue weighted by molar-refractivity contribution is 7.91. The molecule has 0 spiro atoms. The average molecular weight is 395 g/mol. The molecule has 1 saturated heterocycles. The van der Waals surface area contributed by atoms with E-state index in [2.05, 4.69) is 10.5 Å². The maximum atomic E-state index is 13.3. The zero-order chi connectivity index (χ0) is 19.4. The second kappa shape index (κ2) is 8.18. The molecule has 2 heterocycles. The van der Waals surface area contributed by atoms with Gasteiger partial charge in [-0.2, -0.15) is 0 Å². The summed E-state index contributed by atoms with van der Waals surface area (Å²) in [4.78, 5) is 13.9. The Morgan fingerprint density at radius 1 is 1.41 bits per heavy atom. The second-order valence-corrected chi connectivity index (χ2v) is 8.98. The Hall–Kier alpha value is -2.26. The van der Waals surface area contributed by atoms with Crippen molar-refractivity contribution in [1.82, 2.24) is 15.4 Å². The fourth-order valence-corrected chi connectivity index (χ4v) is 4.84. The largest absolute Gasteiger partial charge is 0.359 e. The summed E-state index contributed by atoms with van der Waals surface area (Å²) < 4.78 is 41.5. The minimum absolute atomic E-state index is 0.0223. The third-order valence-corrected chi connectivity index (χ3v) is 6.41. The van der Waals surface area contributed by atoms with Crippen molar-refractivity contribution in [3.63, 3.8) is 0 Å². The molecule has 0 saturated carbocycles. The van der Waals surface area contributed by atoms with Gasteiger partial charge in [-0.3, -0.25) is 4.79 Å². The number of nitrogens with one attached hydrogen (secondary N) is 1. The predicted octanol–water partition coefficient (Wildman–Crippen LogP) is 1.61. The molecule has 1 amide bonds. The lowest BCUT2D eigenvalue weighted by Gasteiger charge is -2.22. The van der Waals surface area contributed by atoms with E-state index in [1.807, 2.05) is 11.9 Å². The minimum atomic E-state index is -2.93. The van der Waals surface area contributed by atoms with E-state index in [1.54, 1.807) is 18.2 Å². The van der Waals surface area contributed by atoms with E-state index in [9.17, 15) is 17.6 Å². The molecular weight excluding hydrogens is 373 g/mol. The van der Waals surface area contributed by atoms with E-state index in [0.29, 0.717) is 30.0 Å². The maximum Gasteiger partial charge on any atom is 0.221 e. The van der Waals surface area contributed by atoms with E-state index in [-0.39, 0.29) is 42.2 Å². The molecule has 1 aromatic carbocycles. The van der Waals surface area contributed by atoms with Gasteiger partial charge in [0.05, 0.1) is 18.1 Å². The van der Waals surface area contributed by atoms with E-state index < -0.39 is 9.84 Å². The van der Waals surface area contributed by atoms with Crippen LogP contribution in [0.2, 0.25) is 0 Å². The number of benzene rings is 1. The normalized spacial score (nSPS) is 18.7. The molecule has 9 heteroatoms. The zero-order valence-electron chi connectivity index (χ0n) is 15.0. The van der Waals surface area contributed by atoms with Crippen LogP contribution >= 0.6 is 0 Å². The summed E-state index contributed by atoms with van der Waals surface area (Å²) in [5.41, 5.74) is 1.10. The average Bonchev–Trinajstić information content (AvgIpc) is 3.24. The maximum absolute atomic E-state index is 13.3. The molecule has 7 nitrogen and oxygen atoms in total. The van der Waals surface area contributed by atoms with Gasteiger partial charge in [-0.25, -0.2) is 12.8 Å². The number of sulfone groups is 1. The lowest BCUT2D eigenvalue weighted by Crippen LogP contribution is -2.36. The molecule has 0 bridgehead atoms. The Bertz CT molecular complexity index is 913. The third kappa shape index (κ3) is 5.36. The van der Waals surface area contributed by atoms with Crippen LogP contribution in [0.3, 0.4) is 0 Å². The highest BCUT2D eigenvalue weighted by Crippen LogP contribution is 2.20. The summed E-state index contributed by atoms with van der Waals surface area (Å²) in [6.45, 7) is 0.666. The number of halogens is 1. The second-order valence-electron chi connectivity index (χ2n) is 6.75. The molecule has 146 valence electrons. The van der Waals surface area contributed by atoms with Crippen LogP contribution < -0.4 is 5.32 Å². The fourth-order valence-electron chi connectivity index (χ4n) is 3.04. The molecule has 0 radical (unpaired) electrons. The summed E-state index contributed by atoms with van der Waals surface area (Å²) in [6, 6.07) is 7.66. The monoisotopic (exact) mass is 395 g/mol.